The highest BCUT2D eigenvalue weighted by atomic mass is 16.5. The van der Waals surface area contributed by atoms with E-state index in [1.54, 1.807) is 0 Å². The number of hydrogen-bond donors (Lipinski definition) is 0. The summed E-state index contributed by atoms with van der Waals surface area (Å²) in [7, 11) is 0. The highest BCUT2D eigenvalue weighted by molar-refractivity contribution is 5.94. The number of ether oxygens (including phenoxy) is 1. The van der Waals surface area contributed by atoms with Crippen LogP contribution in [0, 0.1) is 5.92 Å². The molecule has 2 heterocycles. The minimum absolute atomic E-state index is 0.431. The molecular weight excluding hydrogens is 621 g/mol. The first-order valence-electron chi connectivity index (χ1n) is 18.0. The van der Waals surface area contributed by atoms with Gasteiger partial charge in [-0.05, 0) is 76.8 Å². The van der Waals surface area contributed by atoms with Crippen molar-refractivity contribution >= 4 is 5.57 Å². The second-order valence-corrected chi connectivity index (χ2v) is 14.1. The maximum absolute atomic E-state index is 6.61. The zero-order valence-corrected chi connectivity index (χ0v) is 28.5. The molecule has 1 unspecified atom stereocenters. The topological polar surface area (TPSA) is 35.0 Å². The Morgan fingerprint density at radius 3 is 1.75 bits per heavy atom. The maximum Gasteiger partial charge on any atom is 0.161 e. The van der Waals surface area contributed by atoms with E-state index < -0.39 is 5.41 Å². The molecule has 3 nitrogen and oxygen atoms in total. The normalized spacial score (nSPS) is 16.5. The van der Waals surface area contributed by atoms with Crippen LogP contribution in [0.25, 0.3) is 50.6 Å². The third-order valence-corrected chi connectivity index (χ3v) is 11.2. The van der Waals surface area contributed by atoms with E-state index in [0.717, 1.165) is 64.7 Å². The van der Waals surface area contributed by atoms with Gasteiger partial charge in [-0.15, -0.1) is 0 Å². The highest BCUT2D eigenvalue weighted by Gasteiger charge is 2.53. The highest BCUT2D eigenvalue weighted by Crippen LogP contribution is 2.65. The Bertz CT molecular complexity index is 2440. The van der Waals surface area contributed by atoms with E-state index in [1.165, 1.54) is 44.5 Å². The Morgan fingerprint density at radius 2 is 1.08 bits per heavy atom. The monoisotopic (exact) mass is 656 g/mol. The van der Waals surface area contributed by atoms with Crippen molar-refractivity contribution in [3.63, 3.8) is 0 Å². The minimum atomic E-state index is -0.431. The summed E-state index contributed by atoms with van der Waals surface area (Å²) < 4.78 is 6.61. The average molecular weight is 657 g/mol. The zero-order chi connectivity index (χ0) is 33.9. The van der Waals surface area contributed by atoms with Gasteiger partial charge in [0.15, 0.2) is 5.82 Å². The number of benzene rings is 6. The van der Waals surface area contributed by atoms with Gasteiger partial charge in [0.05, 0.1) is 16.8 Å². The van der Waals surface area contributed by atoms with Crippen LogP contribution in [0.15, 0.2) is 163 Å². The van der Waals surface area contributed by atoms with Crippen LogP contribution in [0.3, 0.4) is 0 Å². The summed E-state index contributed by atoms with van der Waals surface area (Å²) in [5.74, 6) is 3.21. The summed E-state index contributed by atoms with van der Waals surface area (Å²) in [6.07, 6.45) is 3.23. The Labute approximate surface area is 299 Å². The molecule has 0 saturated carbocycles. The predicted molar refractivity (Wildman–Crippen MR) is 207 cm³/mol. The Balaban J connectivity index is 1.22. The van der Waals surface area contributed by atoms with Gasteiger partial charge < -0.3 is 4.74 Å². The predicted octanol–water partition coefficient (Wildman–Crippen LogP) is 12.2. The molecule has 1 aromatic heterocycles. The average Bonchev–Trinajstić information content (AvgIpc) is 3.48. The number of hydrogen-bond acceptors (Lipinski definition) is 3. The third kappa shape index (κ3) is 4.65. The molecule has 244 valence electrons. The second kappa shape index (κ2) is 11.8. The van der Waals surface area contributed by atoms with E-state index in [2.05, 4.69) is 165 Å². The molecule has 1 spiro atoms. The first kappa shape index (κ1) is 29.8. The van der Waals surface area contributed by atoms with E-state index in [0.29, 0.717) is 5.92 Å². The molecule has 1 aliphatic heterocycles. The van der Waals surface area contributed by atoms with Gasteiger partial charge in [0.25, 0.3) is 0 Å². The minimum Gasteiger partial charge on any atom is -0.457 e. The van der Waals surface area contributed by atoms with E-state index in [-0.39, 0.29) is 0 Å². The van der Waals surface area contributed by atoms with Gasteiger partial charge >= 0.3 is 0 Å². The van der Waals surface area contributed by atoms with Crippen molar-refractivity contribution in [2.75, 3.05) is 0 Å². The lowest BCUT2D eigenvalue weighted by Gasteiger charge is -2.41. The van der Waals surface area contributed by atoms with Gasteiger partial charge in [0, 0.05) is 27.8 Å². The zero-order valence-electron chi connectivity index (χ0n) is 28.5. The van der Waals surface area contributed by atoms with Crippen molar-refractivity contribution in [1.82, 2.24) is 9.97 Å². The number of aromatic nitrogens is 2. The lowest BCUT2D eigenvalue weighted by molar-refractivity contribution is 0.425. The van der Waals surface area contributed by atoms with Crippen molar-refractivity contribution in [3.8, 4) is 56.5 Å². The van der Waals surface area contributed by atoms with E-state index >= 15 is 0 Å². The third-order valence-electron chi connectivity index (χ3n) is 11.2. The lowest BCUT2D eigenvalue weighted by Crippen LogP contribution is -2.34. The SMILES string of the molecule is CC1CCC2=C(C1)c1c(-c3nc(-c4ccccc4)cc(-c4ccc(-c5ccccc5)cc4)n3)cccc1C21c2ccccc2Oc2ccccc21. The van der Waals surface area contributed by atoms with Crippen LogP contribution in [0.5, 0.6) is 11.5 Å². The molecule has 0 saturated heterocycles. The van der Waals surface area contributed by atoms with Crippen molar-refractivity contribution < 1.29 is 4.74 Å². The molecule has 0 amide bonds. The van der Waals surface area contributed by atoms with E-state index in [9.17, 15) is 0 Å². The van der Waals surface area contributed by atoms with Crippen LogP contribution in [0.1, 0.15) is 48.4 Å². The molecule has 0 bridgehead atoms. The summed E-state index contributed by atoms with van der Waals surface area (Å²) in [6, 6.07) is 56.0. The molecule has 6 aromatic carbocycles. The smallest absolute Gasteiger partial charge is 0.161 e. The second-order valence-electron chi connectivity index (χ2n) is 14.1. The van der Waals surface area contributed by atoms with Crippen LogP contribution in [0.2, 0.25) is 0 Å². The number of allylic oxidation sites excluding steroid dienone is 2. The molecule has 3 heteroatoms. The molecular formula is C48H36N2O. The molecule has 3 aliphatic rings. The van der Waals surface area contributed by atoms with Gasteiger partial charge in [0.1, 0.15) is 11.5 Å². The van der Waals surface area contributed by atoms with Gasteiger partial charge in [-0.1, -0.05) is 146 Å². The van der Waals surface area contributed by atoms with Crippen molar-refractivity contribution in [3.05, 3.63) is 186 Å². The molecule has 0 fully saturated rings. The van der Waals surface area contributed by atoms with E-state index in [4.69, 9.17) is 14.7 Å². The number of para-hydroxylation sites is 2. The summed E-state index contributed by atoms with van der Waals surface area (Å²) in [4.78, 5) is 10.8. The van der Waals surface area contributed by atoms with Crippen LogP contribution in [0.4, 0.5) is 0 Å². The van der Waals surface area contributed by atoms with Gasteiger partial charge in [0.2, 0.25) is 0 Å². The fraction of sp³-hybridized carbons (Fsp3) is 0.125. The number of rotatable bonds is 4. The standard InChI is InChI=1S/C48H36N2O/c1-31-23-28-38-37(29-31)46-36(17-12-20-41(46)48(38)39-18-8-10-21-44(39)51-45-22-11-9-19-40(45)48)47-49-42(34-15-6-3-7-16-34)30-43(50-47)35-26-24-33(25-27-35)32-13-4-2-5-14-32/h2-22,24-27,30-31H,23,28-29H2,1H3. The molecule has 1 atom stereocenters. The fourth-order valence-corrected chi connectivity index (χ4v) is 8.87. The largest absolute Gasteiger partial charge is 0.457 e. The van der Waals surface area contributed by atoms with Crippen LogP contribution in [-0.2, 0) is 5.41 Å². The van der Waals surface area contributed by atoms with Crippen LogP contribution in [-0.4, -0.2) is 9.97 Å². The van der Waals surface area contributed by atoms with Crippen molar-refractivity contribution in [2.45, 2.75) is 31.6 Å². The number of fused-ring (bicyclic) bond motifs is 8. The van der Waals surface area contributed by atoms with Gasteiger partial charge in [-0.3, -0.25) is 0 Å². The quantitative estimate of drug-likeness (QED) is 0.189. The summed E-state index contributed by atoms with van der Waals surface area (Å²) in [6.45, 7) is 2.40. The fourth-order valence-electron chi connectivity index (χ4n) is 8.87. The first-order valence-corrected chi connectivity index (χ1v) is 18.0. The molecule has 51 heavy (non-hydrogen) atoms. The Kier molecular flexibility index (Phi) is 6.89. The lowest BCUT2D eigenvalue weighted by atomic mass is 9.63. The Morgan fingerprint density at radius 1 is 0.549 bits per heavy atom. The van der Waals surface area contributed by atoms with Crippen LogP contribution >= 0.6 is 0 Å². The van der Waals surface area contributed by atoms with Gasteiger partial charge in [-0.2, -0.15) is 0 Å². The summed E-state index contributed by atoms with van der Waals surface area (Å²) >= 11 is 0. The molecule has 7 aromatic rings. The molecule has 0 N–H and O–H groups in total. The molecule has 10 rings (SSSR count). The summed E-state index contributed by atoms with van der Waals surface area (Å²) in [5.41, 5.74) is 15.0. The maximum atomic E-state index is 6.61. The Hall–Kier alpha value is -6.06. The number of nitrogens with zero attached hydrogens (tertiary/aromatic N) is 2. The molecule has 2 aliphatic carbocycles. The van der Waals surface area contributed by atoms with Crippen molar-refractivity contribution in [1.29, 1.82) is 0 Å². The first-order chi connectivity index (χ1) is 25.2. The summed E-state index contributed by atoms with van der Waals surface area (Å²) in [5, 5.41) is 0. The van der Waals surface area contributed by atoms with Crippen molar-refractivity contribution in [2.24, 2.45) is 5.92 Å². The molecule has 0 radical (unpaired) electrons. The van der Waals surface area contributed by atoms with Gasteiger partial charge in [-0.25, -0.2) is 9.97 Å². The van der Waals surface area contributed by atoms with E-state index in [1.807, 2.05) is 0 Å². The van der Waals surface area contributed by atoms with Crippen LogP contribution < -0.4 is 4.74 Å².